The summed E-state index contributed by atoms with van der Waals surface area (Å²) in [4.78, 5) is 65.3. The second-order valence-electron chi connectivity index (χ2n) is 15.1. The van der Waals surface area contributed by atoms with Gasteiger partial charge in [-0.3, -0.25) is 9.69 Å². The predicted octanol–water partition coefficient (Wildman–Crippen LogP) is 6.50. The first kappa shape index (κ1) is 41.1. The van der Waals surface area contributed by atoms with Gasteiger partial charge in [0.15, 0.2) is 5.82 Å². The van der Waals surface area contributed by atoms with Gasteiger partial charge in [0.1, 0.15) is 29.1 Å². The van der Waals surface area contributed by atoms with Gasteiger partial charge in [-0.2, -0.15) is 13.2 Å². The van der Waals surface area contributed by atoms with Crippen molar-refractivity contribution in [3.63, 3.8) is 0 Å². The number of benzene rings is 1. The van der Waals surface area contributed by atoms with Crippen molar-refractivity contribution >= 4 is 18.1 Å². The van der Waals surface area contributed by atoms with Crippen LogP contribution in [0, 0.1) is 11.8 Å². The first-order valence-electron chi connectivity index (χ1n) is 19.1. The minimum Gasteiger partial charge on any atom is -0.453 e. The number of likely N-dealkylation sites (tertiary alicyclic amines) is 2. The van der Waals surface area contributed by atoms with Crippen molar-refractivity contribution in [3.8, 4) is 33.9 Å². The van der Waals surface area contributed by atoms with Crippen molar-refractivity contribution in [1.29, 1.82) is 0 Å². The summed E-state index contributed by atoms with van der Waals surface area (Å²) in [5, 5.41) is 5.48. The monoisotopic (exact) mass is 794 g/mol. The number of ether oxygens (including phenoxy) is 2. The first-order chi connectivity index (χ1) is 27.2. The van der Waals surface area contributed by atoms with Crippen LogP contribution in [-0.2, 0) is 20.4 Å². The topological polar surface area (TPSA) is 183 Å². The molecule has 0 spiro atoms. The number of imidazole rings is 2. The van der Waals surface area contributed by atoms with E-state index in [4.69, 9.17) is 4.74 Å². The second kappa shape index (κ2) is 17.3. The Balaban J connectivity index is 1.17. The van der Waals surface area contributed by atoms with Crippen LogP contribution in [0.25, 0.3) is 33.9 Å². The molecule has 1 aromatic carbocycles. The van der Waals surface area contributed by atoms with Crippen LogP contribution in [0.15, 0.2) is 42.9 Å². The van der Waals surface area contributed by atoms with Crippen LogP contribution in [0.1, 0.15) is 82.8 Å². The van der Waals surface area contributed by atoms with E-state index in [-0.39, 0.29) is 41.0 Å². The molecule has 0 bridgehead atoms. The highest BCUT2D eigenvalue weighted by Crippen LogP contribution is 2.40. The van der Waals surface area contributed by atoms with Gasteiger partial charge in [-0.05, 0) is 44.1 Å². The maximum Gasteiger partial charge on any atom is 0.433 e. The molecular weight excluding hydrogens is 745 g/mol. The quantitative estimate of drug-likeness (QED) is 0.123. The Kier molecular flexibility index (Phi) is 12.5. The van der Waals surface area contributed by atoms with Gasteiger partial charge in [0.05, 0.1) is 38.2 Å². The summed E-state index contributed by atoms with van der Waals surface area (Å²) < 4.78 is 52.7. The van der Waals surface area contributed by atoms with E-state index in [1.807, 2.05) is 0 Å². The number of rotatable bonds is 12. The average molecular weight is 795 g/mol. The molecule has 2 aliphatic heterocycles. The summed E-state index contributed by atoms with van der Waals surface area (Å²) >= 11 is 0. The lowest BCUT2D eigenvalue weighted by Gasteiger charge is -2.30. The van der Waals surface area contributed by atoms with E-state index in [1.165, 1.54) is 31.3 Å². The van der Waals surface area contributed by atoms with Gasteiger partial charge in [-0.1, -0.05) is 52.0 Å². The van der Waals surface area contributed by atoms with E-state index in [0.29, 0.717) is 42.9 Å². The van der Waals surface area contributed by atoms with Gasteiger partial charge < -0.3 is 35.0 Å². The summed E-state index contributed by atoms with van der Waals surface area (Å²) in [5.74, 6) is 0.692. The summed E-state index contributed by atoms with van der Waals surface area (Å²) in [6.07, 6.45) is 1.96. The van der Waals surface area contributed by atoms with E-state index in [2.05, 4.69) is 64.0 Å². The van der Waals surface area contributed by atoms with Gasteiger partial charge in [-0.15, -0.1) is 0 Å². The molecule has 6 rings (SSSR count). The Morgan fingerprint density at radius 2 is 1.44 bits per heavy atom. The lowest BCUT2D eigenvalue weighted by molar-refractivity contribution is -0.140. The predicted molar refractivity (Wildman–Crippen MR) is 203 cm³/mol. The molecule has 5 heterocycles. The van der Waals surface area contributed by atoms with Crippen molar-refractivity contribution in [3.05, 3.63) is 60.2 Å². The van der Waals surface area contributed by atoms with Crippen molar-refractivity contribution in [2.75, 3.05) is 33.9 Å². The van der Waals surface area contributed by atoms with Crippen LogP contribution >= 0.6 is 0 Å². The fraction of sp³-hybridized carbons (Fsp3) is 0.513. The minimum atomic E-state index is -4.75. The molecule has 3 amide bonds. The molecular formula is C39H49F3N10O5. The van der Waals surface area contributed by atoms with Gasteiger partial charge in [-0.25, -0.2) is 29.5 Å². The van der Waals surface area contributed by atoms with Crippen LogP contribution < -0.4 is 10.6 Å². The number of hydrogen-bond acceptors (Lipinski definition) is 10. The number of alkyl halides is 3. The number of alkyl carbamates (subject to hydrolysis) is 2. The van der Waals surface area contributed by atoms with Gasteiger partial charge in [0, 0.05) is 48.2 Å². The molecule has 18 heteroatoms. The fourth-order valence-corrected chi connectivity index (χ4v) is 7.44. The van der Waals surface area contributed by atoms with Crippen LogP contribution in [0.4, 0.5) is 22.8 Å². The van der Waals surface area contributed by atoms with E-state index in [1.54, 1.807) is 44.6 Å². The van der Waals surface area contributed by atoms with E-state index < -0.39 is 42.0 Å². The number of nitrogens with one attached hydrogen (secondary N) is 4. The summed E-state index contributed by atoms with van der Waals surface area (Å²) in [6, 6.07) is 4.64. The molecule has 2 saturated heterocycles. The normalized spacial score (nSPS) is 18.5. The molecule has 4 atom stereocenters. The highest BCUT2D eigenvalue weighted by atomic mass is 19.4. The fourth-order valence-electron chi connectivity index (χ4n) is 7.44. The highest BCUT2D eigenvalue weighted by molar-refractivity contribution is 5.86. The minimum absolute atomic E-state index is 0.0182. The third-order valence-corrected chi connectivity index (χ3v) is 10.6. The zero-order valence-electron chi connectivity index (χ0n) is 32.8. The number of aromatic nitrogens is 6. The number of H-pyrrole nitrogens is 2. The van der Waals surface area contributed by atoms with Crippen LogP contribution in [0.3, 0.4) is 0 Å². The Hall–Kier alpha value is -5.52. The SMILES string of the molecule is COC(=O)N[C@H](C(=O)N1CCC[C@H]1c1nc(-c2ccc(-c3ncc(-c4cnc([C@@H]5CCCN5C[C@@H](NC(=O)OC)C(C)C)[nH]4)cn3)cc2)c(C(F)(F)F)[nH]1)C(C)C. The molecule has 0 radical (unpaired) electrons. The highest BCUT2D eigenvalue weighted by Gasteiger charge is 2.42. The zero-order valence-corrected chi connectivity index (χ0v) is 32.8. The summed E-state index contributed by atoms with van der Waals surface area (Å²) in [6.45, 7) is 9.47. The molecule has 57 heavy (non-hydrogen) atoms. The standard InChI is InChI=1S/C39H49F3N10O5/c1-21(2)27(47-37(54)56-5)20-51-15-7-9-28(51)34-45-19-26(46-34)25-17-43-33(44-18-25)24-13-11-23(12-14-24)31-32(39(40,41)42)50-35(48-31)29-10-8-16-52(29)36(53)30(22(3)4)49-38(55)57-6/h11-14,17-19,21-22,27-30H,7-10,15-16,20H2,1-6H3,(H,45,46)(H,47,54)(H,48,50)(H,49,55)/t27-,28+,29+,30+/m1/s1. The Labute approximate surface area is 328 Å². The number of halogens is 3. The van der Waals surface area contributed by atoms with E-state index >= 15 is 0 Å². The molecule has 4 N–H and O–H groups in total. The molecule has 4 aromatic rings. The largest absolute Gasteiger partial charge is 0.453 e. The lowest BCUT2D eigenvalue weighted by Crippen LogP contribution is -2.51. The summed E-state index contributed by atoms with van der Waals surface area (Å²) in [7, 11) is 2.54. The third kappa shape index (κ3) is 9.21. The van der Waals surface area contributed by atoms with Crippen LogP contribution in [0.5, 0.6) is 0 Å². The molecule has 0 aliphatic carbocycles. The number of nitrogens with zero attached hydrogens (tertiary/aromatic N) is 6. The zero-order chi connectivity index (χ0) is 41.0. The van der Waals surface area contributed by atoms with Gasteiger partial charge >= 0.3 is 18.4 Å². The number of amides is 3. The van der Waals surface area contributed by atoms with Crippen LogP contribution in [0.2, 0.25) is 0 Å². The van der Waals surface area contributed by atoms with Crippen molar-refractivity contribution < 1.29 is 37.0 Å². The van der Waals surface area contributed by atoms with Crippen molar-refractivity contribution in [1.82, 2.24) is 50.3 Å². The van der Waals surface area contributed by atoms with E-state index in [9.17, 15) is 27.6 Å². The van der Waals surface area contributed by atoms with Crippen molar-refractivity contribution in [2.24, 2.45) is 11.8 Å². The lowest BCUT2D eigenvalue weighted by atomic mass is 10.0. The molecule has 0 saturated carbocycles. The Bertz CT molecular complexity index is 2020. The Morgan fingerprint density at radius 1 is 0.807 bits per heavy atom. The molecule has 2 aliphatic rings. The average Bonchev–Trinajstić information content (AvgIpc) is 4.02. The molecule has 0 unspecified atom stereocenters. The smallest absolute Gasteiger partial charge is 0.433 e. The number of methoxy groups -OCH3 is 2. The van der Waals surface area contributed by atoms with Gasteiger partial charge in [0.25, 0.3) is 0 Å². The molecule has 306 valence electrons. The van der Waals surface area contributed by atoms with Gasteiger partial charge in [0.2, 0.25) is 5.91 Å². The Morgan fingerprint density at radius 3 is 2.07 bits per heavy atom. The molecule has 15 nitrogen and oxygen atoms in total. The second-order valence-corrected chi connectivity index (χ2v) is 15.1. The number of hydrogen-bond donors (Lipinski definition) is 4. The van der Waals surface area contributed by atoms with Crippen LogP contribution in [-0.4, -0.2) is 104 Å². The maximum atomic E-state index is 14.4. The van der Waals surface area contributed by atoms with E-state index in [0.717, 1.165) is 30.9 Å². The number of carbonyl (C=O) groups excluding carboxylic acids is 3. The summed E-state index contributed by atoms with van der Waals surface area (Å²) in [5.41, 5.74) is 0.957. The van der Waals surface area contributed by atoms with Crippen molar-refractivity contribution in [2.45, 2.75) is 83.7 Å². The first-order valence-corrected chi connectivity index (χ1v) is 19.1. The molecule has 3 aromatic heterocycles. The third-order valence-electron chi connectivity index (χ3n) is 10.6. The molecule has 2 fully saturated rings. The maximum absolute atomic E-state index is 14.4. The number of aromatic amines is 2. The number of carbonyl (C=O) groups is 3.